The van der Waals surface area contributed by atoms with Crippen molar-refractivity contribution in [3.8, 4) is 33.4 Å². The third kappa shape index (κ3) is 4.64. The Morgan fingerprint density at radius 3 is 1.80 bits per heavy atom. The lowest BCUT2D eigenvalue weighted by Gasteiger charge is -2.29. The minimum absolute atomic E-state index is 0.141. The van der Waals surface area contributed by atoms with Crippen molar-refractivity contribution in [1.29, 1.82) is 0 Å². The Labute approximate surface area is 266 Å². The van der Waals surface area contributed by atoms with Crippen LogP contribution in [0.1, 0.15) is 30.5 Å². The van der Waals surface area contributed by atoms with Gasteiger partial charge in [-0.2, -0.15) is 0 Å². The molecular formula is C44H35N. The molecule has 0 radical (unpaired) electrons. The third-order valence-electron chi connectivity index (χ3n) is 9.51. The normalized spacial score (nSPS) is 13.0. The van der Waals surface area contributed by atoms with Gasteiger partial charge in [0.15, 0.2) is 0 Å². The molecule has 0 saturated heterocycles. The molecule has 0 saturated carbocycles. The largest absolute Gasteiger partial charge is 0.310 e. The second-order valence-electron chi connectivity index (χ2n) is 12.7. The lowest BCUT2D eigenvalue weighted by Crippen LogP contribution is -2.17. The summed E-state index contributed by atoms with van der Waals surface area (Å²) in [7, 11) is 0. The van der Waals surface area contributed by atoms with E-state index in [1.54, 1.807) is 0 Å². The maximum absolute atomic E-state index is 2.42. The highest BCUT2D eigenvalue weighted by atomic mass is 15.1. The zero-order valence-electron chi connectivity index (χ0n) is 26.0. The SMILES string of the molecule is Cc1cccc(N(c2ccc3c(c2)C(C)(C)c2cc(-c4ccc(-c5ccccc5)cc4)ccc2-3)c2cccc3ccccc23)c1. The highest BCUT2D eigenvalue weighted by Crippen LogP contribution is 2.52. The fourth-order valence-electron chi connectivity index (χ4n) is 7.13. The number of aryl methyl sites for hydroxylation is 1. The zero-order chi connectivity index (χ0) is 30.5. The van der Waals surface area contributed by atoms with Gasteiger partial charge in [-0.3, -0.25) is 0 Å². The molecule has 45 heavy (non-hydrogen) atoms. The molecule has 1 heteroatoms. The first-order valence-electron chi connectivity index (χ1n) is 15.8. The van der Waals surface area contributed by atoms with Crippen LogP contribution >= 0.6 is 0 Å². The molecule has 1 aliphatic carbocycles. The van der Waals surface area contributed by atoms with Gasteiger partial charge in [-0.25, -0.2) is 0 Å². The number of hydrogen-bond acceptors (Lipinski definition) is 1. The fourth-order valence-corrected chi connectivity index (χ4v) is 7.13. The third-order valence-corrected chi connectivity index (χ3v) is 9.51. The molecule has 8 rings (SSSR count). The number of hydrogen-bond donors (Lipinski definition) is 0. The van der Waals surface area contributed by atoms with Crippen LogP contribution < -0.4 is 4.90 Å². The molecule has 0 spiro atoms. The summed E-state index contributed by atoms with van der Waals surface area (Å²) in [5.74, 6) is 0. The second-order valence-corrected chi connectivity index (χ2v) is 12.7. The maximum Gasteiger partial charge on any atom is 0.0540 e. The average molecular weight is 578 g/mol. The molecule has 1 nitrogen and oxygen atoms in total. The summed E-state index contributed by atoms with van der Waals surface area (Å²) in [5, 5.41) is 2.48. The number of anilines is 3. The molecule has 0 atom stereocenters. The minimum atomic E-state index is -0.141. The van der Waals surface area contributed by atoms with Crippen LogP contribution in [0.15, 0.2) is 158 Å². The Morgan fingerprint density at radius 2 is 1.02 bits per heavy atom. The molecule has 7 aromatic rings. The first kappa shape index (κ1) is 27.2. The van der Waals surface area contributed by atoms with Crippen molar-refractivity contribution in [1.82, 2.24) is 0 Å². The summed E-state index contributed by atoms with van der Waals surface area (Å²) in [5.41, 5.74) is 15.0. The minimum Gasteiger partial charge on any atom is -0.310 e. The smallest absolute Gasteiger partial charge is 0.0540 e. The molecule has 0 aromatic heterocycles. The Balaban J connectivity index is 1.21. The van der Waals surface area contributed by atoms with E-state index in [1.807, 2.05) is 0 Å². The van der Waals surface area contributed by atoms with Gasteiger partial charge in [0.05, 0.1) is 5.69 Å². The number of rotatable bonds is 5. The molecule has 0 amide bonds. The first-order chi connectivity index (χ1) is 22.0. The van der Waals surface area contributed by atoms with Gasteiger partial charge in [0.1, 0.15) is 0 Å². The van der Waals surface area contributed by atoms with Gasteiger partial charge in [0, 0.05) is 22.2 Å². The van der Waals surface area contributed by atoms with Gasteiger partial charge in [-0.15, -0.1) is 0 Å². The summed E-state index contributed by atoms with van der Waals surface area (Å²) in [6.45, 7) is 6.91. The molecule has 7 aromatic carbocycles. The molecule has 0 N–H and O–H groups in total. The Hall–Kier alpha value is -5.40. The van der Waals surface area contributed by atoms with Crippen molar-refractivity contribution in [3.05, 3.63) is 174 Å². The van der Waals surface area contributed by atoms with E-state index in [0.29, 0.717) is 0 Å². The number of benzene rings is 7. The van der Waals surface area contributed by atoms with Crippen LogP contribution in [0.3, 0.4) is 0 Å². The van der Waals surface area contributed by atoms with E-state index in [-0.39, 0.29) is 5.41 Å². The Kier molecular flexibility index (Phi) is 6.43. The van der Waals surface area contributed by atoms with Crippen molar-refractivity contribution in [3.63, 3.8) is 0 Å². The average Bonchev–Trinajstić information content (AvgIpc) is 3.31. The van der Waals surface area contributed by atoms with E-state index in [1.165, 1.54) is 77.9 Å². The summed E-state index contributed by atoms with van der Waals surface area (Å²) in [4.78, 5) is 2.42. The quantitative estimate of drug-likeness (QED) is 0.197. The van der Waals surface area contributed by atoms with E-state index in [0.717, 1.165) is 0 Å². The van der Waals surface area contributed by atoms with Crippen molar-refractivity contribution >= 4 is 27.8 Å². The Bertz CT molecular complexity index is 2180. The highest BCUT2D eigenvalue weighted by molar-refractivity contribution is 5.99. The monoisotopic (exact) mass is 577 g/mol. The van der Waals surface area contributed by atoms with Crippen molar-refractivity contribution in [2.75, 3.05) is 4.90 Å². The highest BCUT2D eigenvalue weighted by Gasteiger charge is 2.36. The van der Waals surface area contributed by atoms with Gasteiger partial charge in [-0.1, -0.05) is 135 Å². The fraction of sp³-hybridized carbons (Fsp3) is 0.0909. The zero-order valence-corrected chi connectivity index (χ0v) is 26.0. The van der Waals surface area contributed by atoms with Crippen molar-refractivity contribution in [2.45, 2.75) is 26.2 Å². The summed E-state index contributed by atoms with van der Waals surface area (Å²) >= 11 is 0. The van der Waals surface area contributed by atoms with Crippen LogP contribution in [0.2, 0.25) is 0 Å². The van der Waals surface area contributed by atoms with E-state index < -0.39 is 0 Å². The molecule has 0 aliphatic heterocycles. The second kappa shape index (κ2) is 10.6. The van der Waals surface area contributed by atoms with Crippen LogP contribution in [0.5, 0.6) is 0 Å². The van der Waals surface area contributed by atoms with Gasteiger partial charge < -0.3 is 4.90 Å². The number of fused-ring (bicyclic) bond motifs is 4. The van der Waals surface area contributed by atoms with E-state index in [4.69, 9.17) is 0 Å². The number of nitrogens with zero attached hydrogens (tertiary/aromatic N) is 1. The maximum atomic E-state index is 2.42. The van der Waals surface area contributed by atoms with Crippen LogP contribution in [-0.2, 0) is 5.41 Å². The van der Waals surface area contributed by atoms with Gasteiger partial charge in [0.2, 0.25) is 0 Å². The summed E-state index contributed by atoms with van der Waals surface area (Å²) in [6.07, 6.45) is 0. The van der Waals surface area contributed by atoms with Gasteiger partial charge >= 0.3 is 0 Å². The van der Waals surface area contributed by atoms with Crippen LogP contribution in [0, 0.1) is 6.92 Å². The van der Waals surface area contributed by atoms with Gasteiger partial charge in [0.25, 0.3) is 0 Å². The van der Waals surface area contributed by atoms with Crippen molar-refractivity contribution < 1.29 is 0 Å². The lowest BCUT2D eigenvalue weighted by atomic mass is 9.81. The van der Waals surface area contributed by atoms with E-state index in [2.05, 4.69) is 183 Å². The summed E-state index contributed by atoms with van der Waals surface area (Å²) < 4.78 is 0. The van der Waals surface area contributed by atoms with Gasteiger partial charge in [-0.05, 0) is 98.8 Å². The molecule has 1 aliphatic rings. The first-order valence-corrected chi connectivity index (χ1v) is 15.8. The van der Waals surface area contributed by atoms with Crippen LogP contribution in [0.4, 0.5) is 17.1 Å². The van der Waals surface area contributed by atoms with Crippen LogP contribution in [0.25, 0.3) is 44.2 Å². The molecule has 216 valence electrons. The Morgan fingerprint density at radius 1 is 0.444 bits per heavy atom. The molecular weight excluding hydrogens is 542 g/mol. The van der Waals surface area contributed by atoms with E-state index in [9.17, 15) is 0 Å². The van der Waals surface area contributed by atoms with Crippen molar-refractivity contribution in [2.24, 2.45) is 0 Å². The van der Waals surface area contributed by atoms with E-state index >= 15 is 0 Å². The standard InChI is InChI=1S/C44H35N/c1-30-11-9-16-36(27-30)45(43-18-10-15-34-14-7-8-17-38(34)43)37-24-26-40-39-25-23-35(28-41(39)44(2,3)42(40)29-37)33-21-19-32(20-22-33)31-12-5-4-6-13-31/h4-29H,1-3H3. The molecule has 0 fully saturated rings. The van der Waals surface area contributed by atoms with Crippen LogP contribution in [-0.4, -0.2) is 0 Å². The predicted octanol–water partition coefficient (Wildman–Crippen LogP) is 12.3. The molecule has 0 heterocycles. The molecule has 0 unspecified atom stereocenters. The topological polar surface area (TPSA) is 3.24 Å². The lowest BCUT2D eigenvalue weighted by molar-refractivity contribution is 0.660. The summed E-state index contributed by atoms with van der Waals surface area (Å²) in [6, 6.07) is 57.7. The predicted molar refractivity (Wildman–Crippen MR) is 192 cm³/mol. The molecule has 0 bridgehead atoms.